The van der Waals surface area contributed by atoms with Crippen LogP contribution in [0, 0.1) is 11.6 Å². The highest BCUT2D eigenvalue weighted by atomic mass is 19.1. The van der Waals surface area contributed by atoms with Crippen molar-refractivity contribution >= 4 is 5.97 Å². The van der Waals surface area contributed by atoms with E-state index in [0.717, 1.165) is 18.2 Å². The Hall–Kier alpha value is -1.69. The van der Waals surface area contributed by atoms with Gasteiger partial charge in [0.2, 0.25) is 0 Å². The van der Waals surface area contributed by atoms with Crippen LogP contribution in [0.1, 0.15) is 6.92 Å². The lowest BCUT2D eigenvalue weighted by molar-refractivity contribution is -0.143. The Labute approximate surface area is 90.6 Å². The van der Waals surface area contributed by atoms with Crippen molar-refractivity contribution in [1.29, 1.82) is 0 Å². The maximum absolute atomic E-state index is 13.1. The molecule has 0 aliphatic heterocycles. The van der Waals surface area contributed by atoms with Crippen LogP contribution >= 0.6 is 0 Å². The average Bonchev–Trinajstić information content (AvgIpc) is 2.19. The maximum Gasteiger partial charge on any atom is 0.326 e. The van der Waals surface area contributed by atoms with E-state index in [-0.39, 0.29) is 5.75 Å². The number of hydrogen-bond donors (Lipinski definition) is 2. The molecular formula is C10H11F2NO3. The number of rotatable bonds is 4. The lowest BCUT2D eigenvalue weighted by atomic mass is 10.1. The van der Waals surface area contributed by atoms with Crippen molar-refractivity contribution in [3.8, 4) is 5.75 Å². The topological polar surface area (TPSA) is 72.5 Å². The van der Waals surface area contributed by atoms with E-state index in [0.29, 0.717) is 0 Å². The number of hydrogen-bond acceptors (Lipinski definition) is 3. The molecule has 1 rings (SSSR count). The Morgan fingerprint density at radius 3 is 2.75 bits per heavy atom. The number of ether oxygens (including phenoxy) is 1. The Morgan fingerprint density at radius 2 is 2.19 bits per heavy atom. The van der Waals surface area contributed by atoms with Gasteiger partial charge in [-0.25, -0.2) is 8.78 Å². The highest BCUT2D eigenvalue weighted by Gasteiger charge is 2.29. The fourth-order valence-electron chi connectivity index (χ4n) is 0.877. The molecule has 6 heteroatoms. The van der Waals surface area contributed by atoms with Crippen molar-refractivity contribution in [3.05, 3.63) is 29.8 Å². The van der Waals surface area contributed by atoms with Crippen LogP contribution in [0.4, 0.5) is 8.78 Å². The van der Waals surface area contributed by atoms with Crippen LogP contribution in [0.3, 0.4) is 0 Å². The predicted molar refractivity (Wildman–Crippen MR) is 52.1 cm³/mol. The van der Waals surface area contributed by atoms with Gasteiger partial charge in [0, 0.05) is 6.07 Å². The van der Waals surface area contributed by atoms with Crippen LogP contribution in [0.5, 0.6) is 5.75 Å². The standard InChI is InChI=1S/C10H11F2NO3/c1-10(13,9(14)15)5-16-8-4-6(11)2-3-7(8)12/h2-4H,5,13H2,1H3,(H,14,15). The van der Waals surface area contributed by atoms with E-state index >= 15 is 0 Å². The van der Waals surface area contributed by atoms with Crippen molar-refractivity contribution in [2.24, 2.45) is 5.73 Å². The molecule has 1 aromatic carbocycles. The molecule has 0 aliphatic carbocycles. The largest absolute Gasteiger partial charge is 0.488 e. The van der Waals surface area contributed by atoms with Gasteiger partial charge in [-0.15, -0.1) is 0 Å². The molecule has 4 nitrogen and oxygen atoms in total. The summed E-state index contributed by atoms with van der Waals surface area (Å²) in [5, 5.41) is 8.67. The average molecular weight is 231 g/mol. The smallest absolute Gasteiger partial charge is 0.326 e. The van der Waals surface area contributed by atoms with Crippen LogP contribution in [0.25, 0.3) is 0 Å². The lowest BCUT2D eigenvalue weighted by Gasteiger charge is -2.19. The molecule has 0 heterocycles. The molecule has 0 fully saturated rings. The van der Waals surface area contributed by atoms with E-state index in [4.69, 9.17) is 15.6 Å². The van der Waals surface area contributed by atoms with Gasteiger partial charge in [0.05, 0.1) is 0 Å². The maximum atomic E-state index is 13.1. The minimum absolute atomic E-state index is 0.363. The second-order valence-electron chi connectivity index (χ2n) is 3.59. The molecule has 0 aromatic heterocycles. The summed E-state index contributed by atoms with van der Waals surface area (Å²) in [5.74, 6) is -3.10. The molecule has 88 valence electrons. The quantitative estimate of drug-likeness (QED) is 0.815. The van der Waals surface area contributed by atoms with Gasteiger partial charge in [-0.05, 0) is 19.1 Å². The molecule has 0 radical (unpaired) electrons. The summed E-state index contributed by atoms with van der Waals surface area (Å²) in [4.78, 5) is 10.6. The first-order valence-electron chi connectivity index (χ1n) is 4.43. The van der Waals surface area contributed by atoms with E-state index < -0.39 is 29.7 Å². The summed E-state index contributed by atoms with van der Waals surface area (Å²) in [6.07, 6.45) is 0. The lowest BCUT2D eigenvalue weighted by Crippen LogP contribution is -2.50. The van der Waals surface area contributed by atoms with Crippen molar-refractivity contribution in [2.45, 2.75) is 12.5 Å². The van der Waals surface area contributed by atoms with Crippen molar-refractivity contribution in [2.75, 3.05) is 6.61 Å². The molecule has 16 heavy (non-hydrogen) atoms. The number of nitrogens with two attached hydrogens (primary N) is 1. The van der Waals surface area contributed by atoms with Crippen LogP contribution in [0.15, 0.2) is 18.2 Å². The van der Waals surface area contributed by atoms with Gasteiger partial charge in [0.15, 0.2) is 11.6 Å². The molecule has 0 saturated carbocycles. The van der Waals surface area contributed by atoms with Crippen LogP contribution in [-0.4, -0.2) is 23.2 Å². The fourth-order valence-corrected chi connectivity index (χ4v) is 0.877. The number of aliphatic carboxylic acids is 1. The molecular weight excluding hydrogens is 220 g/mol. The van der Waals surface area contributed by atoms with Gasteiger partial charge >= 0.3 is 5.97 Å². The number of benzene rings is 1. The van der Waals surface area contributed by atoms with E-state index in [1.165, 1.54) is 6.92 Å². The van der Waals surface area contributed by atoms with Gasteiger partial charge in [0.1, 0.15) is 18.0 Å². The third-order valence-electron chi connectivity index (χ3n) is 1.91. The first-order valence-corrected chi connectivity index (χ1v) is 4.43. The molecule has 1 unspecified atom stereocenters. The van der Waals surface area contributed by atoms with E-state index in [1.54, 1.807) is 0 Å². The highest BCUT2D eigenvalue weighted by Crippen LogP contribution is 2.18. The Balaban J connectivity index is 2.75. The summed E-state index contributed by atoms with van der Waals surface area (Å²) in [5.41, 5.74) is 3.70. The van der Waals surface area contributed by atoms with Gasteiger partial charge in [0.25, 0.3) is 0 Å². The summed E-state index contributed by atoms with van der Waals surface area (Å²) >= 11 is 0. The molecule has 1 aromatic rings. The van der Waals surface area contributed by atoms with Crippen LogP contribution in [-0.2, 0) is 4.79 Å². The van der Waals surface area contributed by atoms with Crippen molar-refractivity contribution in [3.63, 3.8) is 0 Å². The van der Waals surface area contributed by atoms with Gasteiger partial charge in [-0.3, -0.25) is 4.79 Å². The monoisotopic (exact) mass is 231 g/mol. The van der Waals surface area contributed by atoms with Crippen LogP contribution < -0.4 is 10.5 Å². The first-order chi connectivity index (χ1) is 7.33. The second-order valence-corrected chi connectivity index (χ2v) is 3.59. The minimum Gasteiger partial charge on any atom is -0.488 e. The summed E-state index contributed by atoms with van der Waals surface area (Å²) in [6.45, 7) is 0.759. The number of carboxylic acids is 1. The van der Waals surface area contributed by atoms with Crippen molar-refractivity contribution < 1.29 is 23.4 Å². The predicted octanol–water partition coefficient (Wildman–Crippen LogP) is 1.15. The van der Waals surface area contributed by atoms with E-state index in [9.17, 15) is 13.6 Å². The Bertz CT molecular complexity index is 407. The SMILES string of the molecule is CC(N)(COc1cc(F)ccc1F)C(=O)O. The Morgan fingerprint density at radius 1 is 1.56 bits per heavy atom. The Kier molecular flexibility index (Phi) is 3.44. The number of halogens is 2. The molecule has 0 aliphatic rings. The molecule has 0 saturated heterocycles. The minimum atomic E-state index is -1.65. The van der Waals surface area contributed by atoms with Crippen LogP contribution in [0.2, 0.25) is 0 Å². The zero-order valence-electron chi connectivity index (χ0n) is 8.54. The first kappa shape index (κ1) is 12.4. The van der Waals surface area contributed by atoms with E-state index in [2.05, 4.69) is 0 Å². The molecule has 3 N–H and O–H groups in total. The molecule has 1 atom stereocenters. The normalized spacial score (nSPS) is 14.2. The summed E-state index contributed by atoms with van der Waals surface area (Å²) in [6, 6.07) is 2.65. The van der Waals surface area contributed by atoms with Gasteiger partial charge < -0.3 is 15.6 Å². The van der Waals surface area contributed by atoms with Crippen molar-refractivity contribution in [1.82, 2.24) is 0 Å². The zero-order valence-corrected chi connectivity index (χ0v) is 8.54. The van der Waals surface area contributed by atoms with Gasteiger partial charge in [-0.1, -0.05) is 0 Å². The van der Waals surface area contributed by atoms with Gasteiger partial charge in [-0.2, -0.15) is 0 Å². The zero-order chi connectivity index (χ0) is 12.3. The molecule has 0 bridgehead atoms. The molecule has 0 amide bonds. The summed E-state index contributed by atoms with van der Waals surface area (Å²) in [7, 11) is 0. The van der Waals surface area contributed by atoms with E-state index in [1.807, 2.05) is 0 Å². The third kappa shape index (κ3) is 2.90. The second kappa shape index (κ2) is 4.44. The highest BCUT2D eigenvalue weighted by molar-refractivity contribution is 5.78. The summed E-state index contributed by atoms with van der Waals surface area (Å²) < 4.78 is 30.6. The third-order valence-corrected chi connectivity index (χ3v) is 1.91. The number of carboxylic acid groups (broad SMARTS) is 1. The fraction of sp³-hybridized carbons (Fsp3) is 0.300. The molecule has 0 spiro atoms. The number of carbonyl (C=O) groups is 1.